The number of carbonyl (C=O) groups excluding carboxylic acids is 1. The zero-order valence-corrected chi connectivity index (χ0v) is 11.9. The maximum absolute atomic E-state index is 12.0. The third kappa shape index (κ3) is 2.99. The lowest BCUT2D eigenvalue weighted by atomic mass is 10.1. The van der Waals surface area contributed by atoms with E-state index in [1.807, 2.05) is 50.2 Å². The van der Waals surface area contributed by atoms with Crippen LogP contribution < -0.4 is 5.32 Å². The Balaban J connectivity index is 2.16. The number of halogens is 1. The lowest BCUT2D eigenvalue weighted by molar-refractivity contribution is 0.102. The molecule has 0 saturated carbocycles. The van der Waals surface area contributed by atoms with Crippen LogP contribution in [0, 0.1) is 13.8 Å². The molecule has 0 bridgehead atoms. The average Bonchev–Trinajstić information content (AvgIpc) is 2.35. The molecule has 3 heteroatoms. The highest BCUT2D eigenvalue weighted by atomic mass is 79.9. The van der Waals surface area contributed by atoms with Crippen LogP contribution in [-0.2, 0) is 0 Å². The molecule has 0 aliphatic heterocycles. The molecular formula is C15H14BrNO. The zero-order valence-electron chi connectivity index (χ0n) is 10.3. The lowest BCUT2D eigenvalue weighted by Crippen LogP contribution is -2.11. The summed E-state index contributed by atoms with van der Waals surface area (Å²) in [4.78, 5) is 12.0. The van der Waals surface area contributed by atoms with E-state index in [-0.39, 0.29) is 5.91 Å². The van der Waals surface area contributed by atoms with Gasteiger partial charge in [-0.2, -0.15) is 0 Å². The van der Waals surface area contributed by atoms with Crippen molar-refractivity contribution in [2.24, 2.45) is 0 Å². The molecule has 2 nitrogen and oxygen atoms in total. The highest BCUT2D eigenvalue weighted by molar-refractivity contribution is 9.10. The van der Waals surface area contributed by atoms with Crippen LogP contribution in [-0.4, -0.2) is 5.91 Å². The van der Waals surface area contributed by atoms with Gasteiger partial charge in [-0.3, -0.25) is 4.79 Å². The van der Waals surface area contributed by atoms with E-state index in [1.54, 1.807) is 6.07 Å². The van der Waals surface area contributed by atoms with Gasteiger partial charge in [-0.05, 0) is 49.7 Å². The topological polar surface area (TPSA) is 29.1 Å². The van der Waals surface area contributed by atoms with Gasteiger partial charge in [0.2, 0.25) is 0 Å². The van der Waals surface area contributed by atoms with E-state index in [1.165, 1.54) is 5.56 Å². The molecule has 0 saturated heterocycles. The van der Waals surface area contributed by atoms with Gasteiger partial charge in [0.1, 0.15) is 0 Å². The molecule has 2 aromatic carbocycles. The molecule has 0 unspecified atom stereocenters. The van der Waals surface area contributed by atoms with Gasteiger partial charge >= 0.3 is 0 Å². The fourth-order valence-corrected chi connectivity index (χ4v) is 1.87. The third-order valence-electron chi connectivity index (χ3n) is 2.73. The van der Waals surface area contributed by atoms with Crippen molar-refractivity contribution in [1.29, 1.82) is 0 Å². The molecule has 0 aliphatic rings. The van der Waals surface area contributed by atoms with Crippen LogP contribution in [0.4, 0.5) is 5.69 Å². The number of amides is 1. The first kappa shape index (κ1) is 12.8. The fourth-order valence-electron chi connectivity index (χ4n) is 1.63. The Hall–Kier alpha value is -1.61. The third-order valence-corrected chi connectivity index (χ3v) is 3.62. The van der Waals surface area contributed by atoms with Gasteiger partial charge < -0.3 is 5.32 Å². The van der Waals surface area contributed by atoms with Gasteiger partial charge in [0.25, 0.3) is 5.91 Å². The van der Waals surface area contributed by atoms with Crippen molar-refractivity contribution in [2.45, 2.75) is 13.8 Å². The Bertz CT molecular complexity index is 576. The molecule has 0 radical (unpaired) electrons. The van der Waals surface area contributed by atoms with Crippen molar-refractivity contribution >= 4 is 27.5 Å². The maximum Gasteiger partial charge on any atom is 0.255 e. The Kier molecular flexibility index (Phi) is 3.82. The number of hydrogen-bond acceptors (Lipinski definition) is 1. The molecule has 0 aliphatic carbocycles. The molecule has 0 atom stereocenters. The minimum Gasteiger partial charge on any atom is -0.322 e. The highest BCUT2D eigenvalue weighted by Gasteiger charge is 2.07. The standard InChI is InChI=1S/C15H14BrNO/c1-10-3-6-13(7-4-10)17-15(18)12-5-8-14(16)11(2)9-12/h3-9H,1-2H3,(H,17,18). The van der Waals surface area contributed by atoms with Crippen LogP contribution in [0.2, 0.25) is 0 Å². The van der Waals surface area contributed by atoms with Crippen LogP contribution in [0.5, 0.6) is 0 Å². The summed E-state index contributed by atoms with van der Waals surface area (Å²) in [5.41, 5.74) is 3.70. The van der Waals surface area contributed by atoms with Crippen molar-refractivity contribution in [3.8, 4) is 0 Å². The molecule has 18 heavy (non-hydrogen) atoms. The number of rotatable bonds is 2. The van der Waals surface area contributed by atoms with E-state index >= 15 is 0 Å². The minimum atomic E-state index is -0.0885. The van der Waals surface area contributed by atoms with E-state index in [0.29, 0.717) is 5.56 Å². The number of benzene rings is 2. The molecule has 0 aromatic heterocycles. The summed E-state index contributed by atoms with van der Waals surface area (Å²) in [5, 5.41) is 2.88. The molecule has 1 N–H and O–H groups in total. The van der Waals surface area contributed by atoms with Gasteiger partial charge in [0.05, 0.1) is 0 Å². The summed E-state index contributed by atoms with van der Waals surface area (Å²) in [7, 11) is 0. The van der Waals surface area contributed by atoms with Crippen LogP contribution in [0.1, 0.15) is 21.5 Å². The van der Waals surface area contributed by atoms with Crippen molar-refractivity contribution in [1.82, 2.24) is 0 Å². The quantitative estimate of drug-likeness (QED) is 0.879. The summed E-state index contributed by atoms with van der Waals surface area (Å²) in [5.74, 6) is -0.0885. The molecule has 2 rings (SSSR count). The number of hydrogen-bond donors (Lipinski definition) is 1. The fraction of sp³-hybridized carbons (Fsp3) is 0.133. The maximum atomic E-state index is 12.0. The summed E-state index contributed by atoms with van der Waals surface area (Å²) in [6, 6.07) is 13.3. The molecule has 0 heterocycles. The molecular weight excluding hydrogens is 290 g/mol. The van der Waals surface area contributed by atoms with Gasteiger partial charge in [0.15, 0.2) is 0 Å². The second kappa shape index (κ2) is 5.36. The van der Waals surface area contributed by atoms with Crippen LogP contribution in [0.3, 0.4) is 0 Å². The van der Waals surface area contributed by atoms with Gasteiger partial charge in [-0.1, -0.05) is 33.6 Å². The number of nitrogens with one attached hydrogen (secondary N) is 1. The van der Waals surface area contributed by atoms with E-state index in [0.717, 1.165) is 15.7 Å². The predicted octanol–water partition coefficient (Wildman–Crippen LogP) is 4.32. The second-order valence-electron chi connectivity index (χ2n) is 4.28. The van der Waals surface area contributed by atoms with Crippen molar-refractivity contribution < 1.29 is 4.79 Å². The Labute approximate surface area is 115 Å². The first-order chi connectivity index (χ1) is 8.56. The predicted molar refractivity (Wildman–Crippen MR) is 78.0 cm³/mol. The SMILES string of the molecule is Cc1ccc(NC(=O)c2ccc(Br)c(C)c2)cc1. The normalized spacial score (nSPS) is 10.2. The van der Waals surface area contributed by atoms with Crippen LogP contribution in [0.25, 0.3) is 0 Å². The number of aryl methyl sites for hydroxylation is 2. The second-order valence-corrected chi connectivity index (χ2v) is 5.14. The number of carbonyl (C=O) groups is 1. The van der Waals surface area contributed by atoms with E-state index in [4.69, 9.17) is 0 Å². The van der Waals surface area contributed by atoms with Gasteiger partial charge in [-0.15, -0.1) is 0 Å². The van der Waals surface area contributed by atoms with E-state index < -0.39 is 0 Å². The Morgan fingerprint density at radius 1 is 1.06 bits per heavy atom. The first-order valence-corrected chi connectivity index (χ1v) is 6.50. The van der Waals surface area contributed by atoms with Crippen LogP contribution >= 0.6 is 15.9 Å². The number of anilines is 1. The summed E-state index contributed by atoms with van der Waals surface area (Å²) < 4.78 is 1.01. The van der Waals surface area contributed by atoms with Crippen molar-refractivity contribution in [3.05, 3.63) is 63.6 Å². The van der Waals surface area contributed by atoms with Gasteiger partial charge in [-0.25, -0.2) is 0 Å². The molecule has 1 amide bonds. The van der Waals surface area contributed by atoms with E-state index in [2.05, 4.69) is 21.2 Å². The lowest BCUT2D eigenvalue weighted by Gasteiger charge is -2.07. The molecule has 0 fully saturated rings. The van der Waals surface area contributed by atoms with Crippen molar-refractivity contribution in [2.75, 3.05) is 5.32 Å². The largest absolute Gasteiger partial charge is 0.322 e. The van der Waals surface area contributed by atoms with Crippen molar-refractivity contribution in [3.63, 3.8) is 0 Å². The Morgan fingerprint density at radius 3 is 2.33 bits per heavy atom. The molecule has 2 aromatic rings. The summed E-state index contributed by atoms with van der Waals surface area (Å²) in [6.45, 7) is 3.98. The molecule has 92 valence electrons. The summed E-state index contributed by atoms with van der Waals surface area (Å²) in [6.07, 6.45) is 0. The van der Waals surface area contributed by atoms with E-state index in [9.17, 15) is 4.79 Å². The summed E-state index contributed by atoms with van der Waals surface area (Å²) >= 11 is 3.42. The van der Waals surface area contributed by atoms with Gasteiger partial charge in [0, 0.05) is 15.7 Å². The average molecular weight is 304 g/mol. The zero-order chi connectivity index (χ0) is 13.1. The first-order valence-electron chi connectivity index (χ1n) is 5.70. The minimum absolute atomic E-state index is 0.0885. The smallest absolute Gasteiger partial charge is 0.255 e. The Morgan fingerprint density at radius 2 is 1.72 bits per heavy atom. The van der Waals surface area contributed by atoms with Crippen LogP contribution in [0.15, 0.2) is 46.9 Å². The molecule has 0 spiro atoms. The monoisotopic (exact) mass is 303 g/mol. The highest BCUT2D eigenvalue weighted by Crippen LogP contribution is 2.18.